The van der Waals surface area contributed by atoms with Crippen LogP contribution in [0.15, 0.2) is 42.7 Å². The largest absolute Gasteiger partial charge is 0.479 e. The van der Waals surface area contributed by atoms with Gasteiger partial charge in [0, 0.05) is 18.2 Å². The number of benzene rings is 1. The maximum Gasteiger partial charge on any atom is 0.333 e. The first kappa shape index (κ1) is 17.2. The van der Waals surface area contributed by atoms with E-state index in [1.807, 2.05) is 30.8 Å². The summed E-state index contributed by atoms with van der Waals surface area (Å²) >= 11 is 0. The molecule has 1 aliphatic carbocycles. The number of rotatable bonds is 6. The predicted molar refractivity (Wildman–Crippen MR) is 93.0 cm³/mol. The molecular formula is C19H23N3O3. The first-order valence-electron chi connectivity index (χ1n) is 8.48. The number of nitrogens with zero attached hydrogens (tertiary/aromatic N) is 2. The van der Waals surface area contributed by atoms with Crippen molar-refractivity contribution in [3.8, 4) is 0 Å². The molecule has 2 N–H and O–H groups in total. The van der Waals surface area contributed by atoms with Crippen LogP contribution in [0.1, 0.15) is 50.3 Å². The minimum atomic E-state index is -1.44. The number of carboxylic acids is 1. The van der Waals surface area contributed by atoms with Gasteiger partial charge in [0.2, 0.25) is 5.91 Å². The van der Waals surface area contributed by atoms with E-state index in [2.05, 4.69) is 10.4 Å². The van der Waals surface area contributed by atoms with Gasteiger partial charge >= 0.3 is 5.97 Å². The summed E-state index contributed by atoms with van der Waals surface area (Å²) < 4.78 is 1.87. The molecule has 2 aromatic rings. The van der Waals surface area contributed by atoms with Gasteiger partial charge in [-0.05, 0) is 44.2 Å². The van der Waals surface area contributed by atoms with Crippen molar-refractivity contribution in [3.63, 3.8) is 0 Å². The Morgan fingerprint density at radius 1 is 1.32 bits per heavy atom. The van der Waals surface area contributed by atoms with Crippen LogP contribution in [0.4, 0.5) is 0 Å². The number of amides is 1. The van der Waals surface area contributed by atoms with Crippen molar-refractivity contribution in [3.05, 3.63) is 53.9 Å². The average molecular weight is 341 g/mol. The van der Waals surface area contributed by atoms with E-state index in [4.69, 9.17) is 0 Å². The summed E-state index contributed by atoms with van der Waals surface area (Å²) in [5.41, 5.74) is 0.152. The Morgan fingerprint density at radius 2 is 2.00 bits per heavy atom. The van der Waals surface area contributed by atoms with Gasteiger partial charge in [-0.2, -0.15) is 5.10 Å². The van der Waals surface area contributed by atoms with Gasteiger partial charge in [0.05, 0.1) is 6.20 Å². The fraction of sp³-hybridized carbons (Fsp3) is 0.421. The van der Waals surface area contributed by atoms with Gasteiger partial charge in [-0.1, -0.05) is 30.3 Å². The molecule has 1 aliphatic rings. The predicted octanol–water partition coefficient (Wildman–Crippen LogP) is 2.68. The molecule has 25 heavy (non-hydrogen) atoms. The number of aromatic nitrogens is 2. The van der Waals surface area contributed by atoms with E-state index in [0.717, 1.165) is 12.0 Å². The lowest BCUT2D eigenvalue weighted by Gasteiger charge is -2.27. The zero-order valence-electron chi connectivity index (χ0n) is 14.6. The van der Waals surface area contributed by atoms with Crippen molar-refractivity contribution >= 4 is 11.9 Å². The van der Waals surface area contributed by atoms with Gasteiger partial charge in [0.25, 0.3) is 0 Å². The summed E-state index contributed by atoms with van der Waals surface area (Å²) in [6.45, 7) is 5.62. The van der Waals surface area contributed by atoms with Crippen molar-refractivity contribution in [1.29, 1.82) is 0 Å². The highest BCUT2D eigenvalue weighted by Gasteiger charge is 2.48. The van der Waals surface area contributed by atoms with Crippen LogP contribution in [0.3, 0.4) is 0 Å². The average Bonchev–Trinajstić information content (AvgIpc) is 3.23. The van der Waals surface area contributed by atoms with Gasteiger partial charge in [-0.15, -0.1) is 0 Å². The molecule has 3 unspecified atom stereocenters. The monoisotopic (exact) mass is 341 g/mol. The molecule has 0 aliphatic heterocycles. The molecule has 0 bridgehead atoms. The molecule has 0 saturated heterocycles. The van der Waals surface area contributed by atoms with Gasteiger partial charge in [-0.25, -0.2) is 4.79 Å². The highest BCUT2D eigenvalue weighted by atomic mass is 16.4. The van der Waals surface area contributed by atoms with Crippen molar-refractivity contribution in [2.45, 2.75) is 44.7 Å². The Morgan fingerprint density at radius 3 is 2.56 bits per heavy atom. The van der Waals surface area contributed by atoms with Crippen LogP contribution in [0, 0.1) is 5.92 Å². The maximum atomic E-state index is 12.6. The van der Waals surface area contributed by atoms with Crippen LogP contribution in [-0.4, -0.2) is 26.8 Å². The van der Waals surface area contributed by atoms with Gasteiger partial charge in [-0.3, -0.25) is 9.48 Å². The smallest absolute Gasteiger partial charge is 0.333 e. The number of hydrogen-bond donors (Lipinski definition) is 2. The molecule has 3 atom stereocenters. The summed E-state index contributed by atoms with van der Waals surface area (Å²) in [4.78, 5) is 24.4. The molecule has 1 saturated carbocycles. The Hall–Kier alpha value is -2.63. The Bertz CT molecular complexity index is 784. The third-order valence-corrected chi connectivity index (χ3v) is 4.86. The summed E-state index contributed by atoms with van der Waals surface area (Å²) in [5.74, 6) is -1.39. The van der Waals surface area contributed by atoms with Crippen LogP contribution < -0.4 is 5.32 Å². The molecule has 0 spiro atoms. The lowest BCUT2D eigenvalue weighted by Crippen LogP contribution is -2.50. The second kappa shape index (κ2) is 6.35. The highest BCUT2D eigenvalue weighted by Crippen LogP contribution is 2.48. The quantitative estimate of drug-likeness (QED) is 0.846. The fourth-order valence-corrected chi connectivity index (χ4v) is 3.04. The molecule has 1 amide bonds. The number of nitrogens with one attached hydrogen (secondary N) is 1. The van der Waals surface area contributed by atoms with Crippen molar-refractivity contribution in [2.24, 2.45) is 5.92 Å². The molecule has 1 aromatic heterocycles. The standard InChI is InChI=1S/C19H23N3O3/c1-12(2)22-11-13(10-20-22)15-9-16(15)17(23)21-19(3,18(24)25)14-7-5-4-6-8-14/h4-8,10-12,15-16H,9H2,1-3H3,(H,21,23)(H,24,25). The lowest BCUT2D eigenvalue weighted by atomic mass is 9.91. The Labute approximate surface area is 146 Å². The number of hydrogen-bond acceptors (Lipinski definition) is 3. The molecule has 1 heterocycles. The minimum absolute atomic E-state index is 0.112. The van der Waals surface area contributed by atoms with Crippen molar-refractivity contribution in [1.82, 2.24) is 15.1 Å². The molecule has 3 rings (SSSR count). The van der Waals surface area contributed by atoms with Gasteiger partial charge in [0.1, 0.15) is 0 Å². The van der Waals surface area contributed by atoms with Crippen LogP contribution in [-0.2, 0) is 15.1 Å². The maximum absolute atomic E-state index is 12.6. The van der Waals surface area contributed by atoms with Crippen molar-refractivity contribution < 1.29 is 14.7 Å². The third-order valence-electron chi connectivity index (χ3n) is 4.86. The first-order chi connectivity index (χ1) is 11.8. The van der Waals surface area contributed by atoms with Crippen LogP contribution in [0.5, 0.6) is 0 Å². The lowest BCUT2D eigenvalue weighted by molar-refractivity contribution is -0.147. The number of carboxylic acid groups (broad SMARTS) is 1. The summed E-state index contributed by atoms with van der Waals surface area (Å²) in [7, 11) is 0. The fourth-order valence-electron chi connectivity index (χ4n) is 3.04. The Kier molecular flexibility index (Phi) is 4.37. The van der Waals surface area contributed by atoms with E-state index in [1.54, 1.807) is 30.5 Å². The van der Waals surface area contributed by atoms with Gasteiger partial charge in [0.15, 0.2) is 5.54 Å². The molecule has 132 valence electrons. The molecule has 1 fully saturated rings. The van der Waals surface area contributed by atoms with Crippen LogP contribution >= 0.6 is 0 Å². The summed E-state index contributed by atoms with van der Waals surface area (Å²) in [5, 5.41) is 16.7. The Balaban J connectivity index is 1.72. The van der Waals surface area contributed by atoms with E-state index < -0.39 is 11.5 Å². The van der Waals surface area contributed by atoms with Crippen LogP contribution in [0.2, 0.25) is 0 Å². The summed E-state index contributed by atoms with van der Waals surface area (Å²) in [6, 6.07) is 9.05. The van der Waals surface area contributed by atoms with Gasteiger partial charge < -0.3 is 10.4 Å². The molecule has 6 heteroatoms. The molecule has 6 nitrogen and oxygen atoms in total. The number of carbonyl (C=O) groups excluding carboxylic acids is 1. The van der Waals surface area contributed by atoms with Crippen molar-refractivity contribution in [2.75, 3.05) is 0 Å². The van der Waals surface area contributed by atoms with Crippen LogP contribution in [0.25, 0.3) is 0 Å². The van der Waals surface area contributed by atoms with E-state index >= 15 is 0 Å². The topological polar surface area (TPSA) is 84.2 Å². The number of aliphatic carboxylic acids is 1. The molecular weight excluding hydrogens is 318 g/mol. The molecule has 0 radical (unpaired) electrons. The highest BCUT2D eigenvalue weighted by molar-refractivity contribution is 5.90. The molecule has 1 aromatic carbocycles. The second-order valence-corrected chi connectivity index (χ2v) is 7.08. The second-order valence-electron chi connectivity index (χ2n) is 7.08. The minimum Gasteiger partial charge on any atom is -0.479 e. The number of carbonyl (C=O) groups is 2. The SMILES string of the molecule is CC(C)n1cc(C2CC2C(=O)NC(C)(C(=O)O)c2ccccc2)cn1. The zero-order chi connectivity index (χ0) is 18.2. The van der Waals surface area contributed by atoms with E-state index in [0.29, 0.717) is 5.56 Å². The van der Waals surface area contributed by atoms with E-state index in [9.17, 15) is 14.7 Å². The zero-order valence-corrected chi connectivity index (χ0v) is 14.6. The van der Waals surface area contributed by atoms with E-state index in [1.165, 1.54) is 6.92 Å². The first-order valence-corrected chi connectivity index (χ1v) is 8.48. The summed E-state index contributed by atoms with van der Waals surface area (Å²) in [6.07, 6.45) is 4.49. The van der Waals surface area contributed by atoms with E-state index in [-0.39, 0.29) is 23.8 Å². The third kappa shape index (κ3) is 3.29. The normalized spacial score (nSPS) is 21.6.